The van der Waals surface area contributed by atoms with Gasteiger partial charge in [0, 0.05) is 18.1 Å². The molecule has 1 heterocycles. The number of hydrogen-bond donors (Lipinski definition) is 1. The van der Waals surface area contributed by atoms with Gasteiger partial charge in [0.05, 0.1) is 0 Å². The second kappa shape index (κ2) is 5.48. The zero-order valence-corrected chi connectivity index (χ0v) is 10.2. The van der Waals surface area contributed by atoms with E-state index in [2.05, 4.69) is 24.0 Å². The highest BCUT2D eigenvalue weighted by Crippen LogP contribution is 2.18. The molecule has 2 N–H and O–H groups in total. The molecule has 1 aromatic heterocycles. The number of benzene rings is 1. The molecule has 2 heteroatoms. The standard InChI is InChI=1S/C15H18N2/c1-12-5-2-9-15(16)14(12)8-3-6-13-7-4-10-17-11-13/h2,4-5,7,9-11H,3,6,8,16H2,1H3. The van der Waals surface area contributed by atoms with Gasteiger partial charge in [-0.15, -0.1) is 0 Å². The zero-order valence-electron chi connectivity index (χ0n) is 10.2. The number of aromatic nitrogens is 1. The van der Waals surface area contributed by atoms with Crippen LogP contribution < -0.4 is 5.73 Å². The van der Waals surface area contributed by atoms with Crippen LogP contribution in [-0.4, -0.2) is 4.98 Å². The van der Waals surface area contributed by atoms with Gasteiger partial charge in [0.25, 0.3) is 0 Å². The fraction of sp³-hybridized carbons (Fsp3) is 0.267. The van der Waals surface area contributed by atoms with Crippen molar-refractivity contribution in [3.63, 3.8) is 0 Å². The molecule has 2 nitrogen and oxygen atoms in total. The third kappa shape index (κ3) is 3.06. The number of nitrogen functional groups attached to an aromatic ring is 1. The third-order valence-electron chi connectivity index (χ3n) is 3.06. The van der Waals surface area contributed by atoms with Crippen molar-refractivity contribution in [1.82, 2.24) is 4.98 Å². The largest absolute Gasteiger partial charge is 0.398 e. The van der Waals surface area contributed by atoms with Crippen molar-refractivity contribution >= 4 is 5.69 Å². The maximum absolute atomic E-state index is 5.99. The van der Waals surface area contributed by atoms with Gasteiger partial charge >= 0.3 is 0 Å². The topological polar surface area (TPSA) is 38.9 Å². The number of pyridine rings is 1. The van der Waals surface area contributed by atoms with Gasteiger partial charge in [0.15, 0.2) is 0 Å². The summed E-state index contributed by atoms with van der Waals surface area (Å²) >= 11 is 0. The van der Waals surface area contributed by atoms with Crippen LogP contribution in [0.3, 0.4) is 0 Å². The van der Waals surface area contributed by atoms with Crippen LogP contribution in [0.4, 0.5) is 5.69 Å². The van der Waals surface area contributed by atoms with Gasteiger partial charge in [-0.2, -0.15) is 0 Å². The van der Waals surface area contributed by atoms with Gasteiger partial charge < -0.3 is 5.73 Å². The lowest BCUT2D eigenvalue weighted by Crippen LogP contribution is -1.98. The highest BCUT2D eigenvalue weighted by Gasteiger charge is 2.02. The summed E-state index contributed by atoms with van der Waals surface area (Å²) < 4.78 is 0. The van der Waals surface area contributed by atoms with Crippen LogP contribution in [-0.2, 0) is 12.8 Å². The minimum atomic E-state index is 0.913. The molecule has 0 radical (unpaired) electrons. The van der Waals surface area contributed by atoms with Crippen molar-refractivity contribution in [1.29, 1.82) is 0 Å². The van der Waals surface area contributed by atoms with Gasteiger partial charge in [-0.3, -0.25) is 4.98 Å². The predicted molar refractivity (Wildman–Crippen MR) is 71.9 cm³/mol. The van der Waals surface area contributed by atoms with E-state index in [1.807, 2.05) is 30.6 Å². The van der Waals surface area contributed by atoms with E-state index < -0.39 is 0 Å². The Balaban J connectivity index is 1.95. The molecule has 0 unspecified atom stereocenters. The van der Waals surface area contributed by atoms with Gasteiger partial charge in [-0.1, -0.05) is 18.2 Å². The molecule has 88 valence electrons. The first-order valence-electron chi connectivity index (χ1n) is 6.00. The highest BCUT2D eigenvalue weighted by atomic mass is 14.6. The lowest BCUT2D eigenvalue weighted by atomic mass is 9.99. The number of nitrogens with zero attached hydrogens (tertiary/aromatic N) is 1. The summed E-state index contributed by atoms with van der Waals surface area (Å²) in [4.78, 5) is 4.12. The van der Waals surface area contributed by atoms with Crippen molar-refractivity contribution in [3.05, 3.63) is 59.4 Å². The molecule has 0 saturated heterocycles. The summed E-state index contributed by atoms with van der Waals surface area (Å²) in [6, 6.07) is 10.2. The SMILES string of the molecule is Cc1cccc(N)c1CCCc1cccnc1. The second-order valence-electron chi connectivity index (χ2n) is 4.36. The van der Waals surface area contributed by atoms with Crippen molar-refractivity contribution in [2.24, 2.45) is 0 Å². The van der Waals surface area contributed by atoms with Crippen LogP contribution in [0.1, 0.15) is 23.1 Å². The predicted octanol–water partition coefficient (Wildman–Crippen LogP) is 3.15. The summed E-state index contributed by atoms with van der Waals surface area (Å²) in [5.74, 6) is 0. The van der Waals surface area contributed by atoms with Gasteiger partial charge in [-0.05, 0) is 55.0 Å². The Bertz CT molecular complexity index is 457. The van der Waals surface area contributed by atoms with E-state index in [-0.39, 0.29) is 0 Å². The van der Waals surface area contributed by atoms with E-state index in [0.29, 0.717) is 0 Å². The Hall–Kier alpha value is -1.83. The highest BCUT2D eigenvalue weighted by molar-refractivity contribution is 5.50. The fourth-order valence-corrected chi connectivity index (χ4v) is 2.08. The van der Waals surface area contributed by atoms with Gasteiger partial charge in [0.1, 0.15) is 0 Å². The van der Waals surface area contributed by atoms with E-state index in [9.17, 15) is 0 Å². The van der Waals surface area contributed by atoms with Crippen molar-refractivity contribution in [3.8, 4) is 0 Å². The molecule has 0 bridgehead atoms. The monoisotopic (exact) mass is 226 g/mol. The van der Waals surface area contributed by atoms with Crippen LogP contribution >= 0.6 is 0 Å². The van der Waals surface area contributed by atoms with E-state index >= 15 is 0 Å². The normalized spacial score (nSPS) is 10.4. The molecule has 2 rings (SSSR count). The van der Waals surface area contributed by atoms with E-state index in [1.165, 1.54) is 16.7 Å². The Labute approximate surface area is 103 Å². The molecule has 2 aromatic rings. The molecule has 0 saturated carbocycles. The molecule has 0 atom stereocenters. The minimum absolute atomic E-state index is 0.913. The zero-order chi connectivity index (χ0) is 12.1. The number of hydrogen-bond acceptors (Lipinski definition) is 2. The van der Waals surface area contributed by atoms with Crippen molar-refractivity contribution in [2.45, 2.75) is 26.2 Å². The van der Waals surface area contributed by atoms with Crippen molar-refractivity contribution in [2.75, 3.05) is 5.73 Å². The lowest BCUT2D eigenvalue weighted by molar-refractivity contribution is 0.814. The maximum atomic E-state index is 5.99. The first-order valence-corrected chi connectivity index (χ1v) is 6.00. The quantitative estimate of drug-likeness (QED) is 0.813. The van der Waals surface area contributed by atoms with Crippen LogP contribution in [0.5, 0.6) is 0 Å². The Kier molecular flexibility index (Phi) is 3.76. The molecule has 17 heavy (non-hydrogen) atoms. The number of nitrogens with two attached hydrogens (primary N) is 1. The summed E-state index contributed by atoms with van der Waals surface area (Å²) in [7, 11) is 0. The lowest BCUT2D eigenvalue weighted by Gasteiger charge is -2.09. The fourth-order valence-electron chi connectivity index (χ4n) is 2.08. The second-order valence-corrected chi connectivity index (χ2v) is 4.36. The smallest absolute Gasteiger partial charge is 0.0349 e. The van der Waals surface area contributed by atoms with E-state index in [1.54, 1.807) is 0 Å². The van der Waals surface area contributed by atoms with E-state index in [4.69, 9.17) is 5.73 Å². The molecule has 0 spiro atoms. The van der Waals surface area contributed by atoms with Crippen LogP contribution in [0, 0.1) is 6.92 Å². The maximum Gasteiger partial charge on any atom is 0.0349 e. The summed E-state index contributed by atoms with van der Waals surface area (Å²) in [5, 5.41) is 0. The van der Waals surface area contributed by atoms with E-state index in [0.717, 1.165) is 24.9 Å². The number of anilines is 1. The first-order chi connectivity index (χ1) is 8.27. The molecule has 0 aliphatic carbocycles. The Morgan fingerprint density at radius 2 is 2.00 bits per heavy atom. The van der Waals surface area contributed by atoms with Crippen LogP contribution in [0.15, 0.2) is 42.7 Å². The summed E-state index contributed by atoms with van der Waals surface area (Å²) in [6.07, 6.45) is 6.94. The van der Waals surface area contributed by atoms with Gasteiger partial charge in [-0.25, -0.2) is 0 Å². The number of aryl methyl sites for hydroxylation is 2. The first kappa shape index (κ1) is 11.6. The molecule has 0 aliphatic heterocycles. The molecule has 0 aliphatic rings. The Morgan fingerprint density at radius 1 is 1.12 bits per heavy atom. The van der Waals surface area contributed by atoms with Crippen LogP contribution in [0.2, 0.25) is 0 Å². The van der Waals surface area contributed by atoms with Crippen LogP contribution in [0.25, 0.3) is 0 Å². The molecule has 0 amide bonds. The average Bonchev–Trinajstić information content (AvgIpc) is 2.34. The Morgan fingerprint density at radius 3 is 2.71 bits per heavy atom. The minimum Gasteiger partial charge on any atom is -0.398 e. The molecule has 1 aromatic carbocycles. The summed E-state index contributed by atoms with van der Waals surface area (Å²) in [6.45, 7) is 2.12. The third-order valence-corrected chi connectivity index (χ3v) is 3.06. The molecular formula is C15H18N2. The average molecular weight is 226 g/mol. The van der Waals surface area contributed by atoms with Crippen molar-refractivity contribution < 1.29 is 0 Å². The summed E-state index contributed by atoms with van der Waals surface area (Å²) in [5.41, 5.74) is 10.8. The number of rotatable bonds is 4. The molecular weight excluding hydrogens is 208 g/mol. The van der Waals surface area contributed by atoms with Gasteiger partial charge in [0.2, 0.25) is 0 Å². The molecule has 0 fully saturated rings.